The molecule has 2 heterocycles. The van der Waals surface area contributed by atoms with E-state index in [1.54, 1.807) is 0 Å². The Labute approximate surface area is 127 Å². The fourth-order valence-electron chi connectivity index (χ4n) is 2.80. The molecule has 0 aromatic carbocycles. The molecule has 112 valence electrons. The van der Waals surface area contributed by atoms with Crippen molar-refractivity contribution in [3.8, 4) is 0 Å². The van der Waals surface area contributed by atoms with Gasteiger partial charge in [-0.1, -0.05) is 11.6 Å². The number of aromatic nitrogens is 1. The standard InChI is InChI=1S/C15H25ClN4/c1-17-10-14-13(16)4-5-15(18-14)20-8-6-12(7-9-20)11-19(2)3/h4-5,12,17H,6-11H2,1-3H3. The van der Waals surface area contributed by atoms with E-state index in [0.717, 1.165) is 35.5 Å². The highest BCUT2D eigenvalue weighted by Crippen LogP contribution is 2.24. The number of halogens is 1. The number of rotatable bonds is 5. The van der Waals surface area contributed by atoms with Gasteiger partial charge in [0.15, 0.2) is 0 Å². The molecule has 4 nitrogen and oxygen atoms in total. The summed E-state index contributed by atoms with van der Waals surface area (Å²) in [5.41, 5.74) is 0.932. The van der Waals surface area contributed by atoms with Gasteiger partial charge in [-0.2, -0.15) is 0 Å². The number of hydrogen-bond donors (Lipinski definition) is 1. The first-order valence-electron chi connectivity index (χ1n) is 7.30. The molecule has 1 aliphatic rings. The normalized spacial score (nSPS) is 16.9. The zero-order chi connectivity index (χ0) is 14.5. The highest BCUT2D eigenvalue weighted by Gasteiger charge is 2.21. The van der Waals surface area contributed by atoms with Gasteiger partial charge in [-0.05, 0) is 52.0 Å². The van der Waals surface area contributed by atoms with Gasteiger partial charge in [0, 0.05) is 26.2 Å². The summed E-state index contributed by atoms with van der Waals surface area (Å²) < 4.78 is 0. The molecule has 0 aliphatic carbocycles. The van der Waals surface area contributed by atoms with E-state index in [1.807, 2.05) is 19.2 Å². The van der Waals surface area contributed by atoms with Gasteiger partial charge in [-0.15, -0.1) is 0 Å². The molecule has 1 aromatic rings. The Morgan fingerprint density at radius 2 is 2.05 bits per heavy atom. The lowest BCUT2D eigenvalue weighted by atomic mass is 9.96. The van der Waals surface area contributed by atoms with E-state index in [0.29, 0.717) is 6.54 Å². The number of hydrogen-bond acceptors (Lipinski definition) is 4. The van der Waals surface area contributed by atoms with Crippen molar-refractivity contribution in [2.24, 2.45) is 5.92 Å². The van der Waals surface area contributed by atoms with Gasteiger partial charge in [-0.25, -0.2) is 4.98 Å². The lowest BCUT2D eigenvalue weighted by Gasteiger charge is -2.34. The largest absolute Gasteiger partial charge is 0.357 e. The number of nitrogens with one attached hydrogen (secondary N) is 1. The zero-order valence-electron chi connectivity index (χ0n) is 12.7. The molecule has 20 heavy (non-hydrogen) atoms. The van der Waals surface area contributed by atoms with Crippen LogP contribution in [0.1, 0.15) is 18.5 Å². The third kappa shape index (κ3) is 4.08. The quantitative estimate of drug-likeness (QED) is 0.903. The van der Waals surface area contributed by atoms with Crippen LogP contribution in [0.3, 0.4) is 0 Å². The van der Waals surface area contributed by atoms with Crippen LogP contribution in [0.2, 0.25) is 5.02 Å². The summed E-state index contributed by atoms with van der Waals surface area (Å²) in [7, 11) is 6.21. The molecule has 0 amide bonds. The van der Waals surface area contributed by atoms with Gasteiger partial charge >= 0.3 is 0 Å². The van der Waals surface area contributed by atoms with E-state index < -0.39 is 0 Å². The molecule has 1 saturated heterocycles. The predicted molar refractivity (Wildman–Crippen MR) is 85.5 cm³/mol. The first-order valence-corrected chi connectivity index (χ1v) is 7.67. The first-order chi connectivity index (χ1) is 9.60. The third-order valence-electron chi connectivity index (χ3n) is 3.81. The average molecular weight is 297 g/mol. The number of piperidine rings is 1. The molecule has 0 spiro atoms. The first kappa shape index (κ1) is 15.5. The van der Waals surface area contributed by atoms with Crippen molar-refractivity contribution in [3.63, 3.8) is 0 Å². The summed E-state index contributed by atoms with van der Waals surface area (Å²) in [5.74, 6) is 1.87. The van der Waals surface area contributed by atoms with Crippen LogP contribution in [-0.4, -0.2) is 50.7 Å². The van der Waals surface area contributed by atoms with Gasteiger partial charge in [0.25, 0.3) is 0 Å². The molecular weight excluding hydrogens is 272 g/mol. The SMILES string of the molecule is CNCc1nc(N2CCC(CN(C)C)CC2)ccc1Cl. The molecule has 0 atom stereocenters. The molecule has 1 N–H and O–H groups in total. The Hall–Kier alpha value is -0.840. The van der Waals surface area contributed by atoms with E-state index >= 15 is 0 Å². The topological polar surface area (TPSA) is 31.4 Å². The Kier molecular flexibility index (Phi) is 5.64. The molecule has 1 fully saturated rings. The maximum Gasteiger partial charge on any atom is 0.128 e. The number of nitrogens with zero attached hydrogens (tertiary/aromatic N) is 3. The summed E-state index contributed by atoms with van der Waals surface area (Å²) >= 11 is 6.17. The minimum atomic E-state index is 0.712. The van der Waals surface area contributed by atoms with E-state index in [2.05, 4.69) is 29.2 Å². The average Bonchev–Trinajstić information content (AvgIpc) is 2.42. The van der Waals surface area contributed by atoms with Crippen molar-refractivity contribution >= 4 is 17.4 Å². The van der Waals surface area contributed by atoms with Gasteiger partial charge in [0.2, 0.25) is 0 Å². The van der Waals surface area contributed by atoms with Gasteiger partial charge < -0.3 is 15.1 Å². The van der Waals surface area contributed by atoms with Crippen molar-refractivity contribution in [3.05, 3.63) is 22.8 Å². The van der Waals surface area contributed by atoms with Crippen LogP contribution in [0, 0.1) is 5.92 Å². The fraction of sp³-hybridized carbons (Fsp3) is 0.667. The highest BCUT2D eigenvalue weighted by atomic mass is 35.5. The lowest BCUT2D eigenvalue weighted by Crippen LogP contribution is -2.37. The van der Waals surface area contributed by atoms with Crippen LogP contribution in [0.4, 0.5) is 5.82 Å². The summed E-state index contributed by atoms with van der Waals surface area (Å²) in [6, 6.07) is 4.00. The molecule has 2 rings (SSSR count). The number of anilines is 1. The molecule has 0 bridgehead atoms. The van der Waals surface area contributed by atoms with Crippen molar-refractivity contribution < 1.29 is 0 Å². The molecule has 1 aromatic heterocycles. The summed E-state index contributed by atoms with van der Waals surface area (Å²) in [5, 5.41) is 3.85. The van der Waals surface area contributed by atoms with Crippen molar-refractivity contribution in [1.82, 2.24) is 15.2 Å². The minimum Gasteiger partial charge on any atom is -0.357 e. The monoisotopic (exact) mass is 296 g/mol. The molecular formula is C15H25ClN4. The maximum atomic E-state index is 6.17. The summed E-state index contributed by atoms with van der Waals surface area (Å²) in [6.07, 6.45) is 2.48. The minimum absolute atomic E-state index is 0.712. The van der Waals surface area contributed by atoms with Gasteiger partial charge in [0.1, 0.15) is 5.82 Å². The Morgan fingerprint density at radius 3 is 2.65 bits per heavy atom. The van der Waals surface area contributed by atoms with Crippen LogP contribution < -0.4 is 10.2 Å². The zero-order valence-corrected chi connectivity index (χ0v) is 13.5. The lowest BCUT2D eigenvalue weighted by molar-refractivity contribution is 0.284. The van der Waals surface area contributed by atoms with Gasteiger partial charge in [0.05, 0.1) is 10.7 Å². The van der Waals surface area contributed by atoms with Crippen molar-refractivity contribution in [2.45, 2.75) is 19.4 Å². The van der Waals surface area contributed by atoms with Crippen molar-refractivity contribution in [2.75, 3.05) is 45.7 Å². The van der Waals surface area contributed by atoms with E-state index in [1.165, 1.54) is 19.4 Å². The van der Waals surface area contributed by atoms with Crippen LogP contribution >= 0.6 is 11.6 Å². The summed E-state index contributed by atoms with van der Waals surface area (Å²) in [4.78, 5) is 9.35. The Balaban J connectivity index is 1.98. The predicted octanol–water partition coefficient (Wildman–Crippen LogP) is 2.23. The second-order valence-electron chi connectivity index (χ2n) is 5.82. The highest BCUT2D eigenvalue weighted by molar-refractivity contribution is 6.31. The molecule has 0 saturated carbocycles. The van der Waals surface area contributed by atoms with E-state index in [9.17, 15) is 0 Å². The van der Waals surface area contributed by atoms with Crippen molar-refractivity contribution in [1.29, 1.82) is 0 Å². The molecule has 1 aliphatic heterocycles. The Morgan fingerprint density at radius 1 is 1.35 bits per heavy atom. The van der Waals surface area contributed by atoms with E-state index in [-0.39, 0.29) is 0 Å². The number of pyridine rings is 1. The smallest absolute Gasteiger partial charge is 0.128 e. The van der Waals surface area contributed by atoms with E-state index in [4.69, 9.17) is 16.6 Å². The summed E-state index contributed by atoms with van der Waals surface area (Å²) in [6.45, 7) is 4.08. The Bertz CT molecular complexity index is 428. The van der Waals surface area contributed by atoms with Crippen LogP contribution in [0.25, 0.3) is 0 Å². The van der Waals surface area contributed by atoms with Crippen LogP contribution in [0.15, 0.2) is 12.1 Å². The van der Waals surface area contributed by atoms with Gasteiger partial charge in [-0.3, -0.25) is 0 Å². The maximum absolute atomic E-state index is 6.17. The molecule has 5 heteroatoms. The van der Waals surface area contributed by atoms with Crippen LogP contribution in [0.5, 0.6) is 0 Å². The molecule has 0 radical (unpaired) electrons. The second kappa shape index (κ2) is 7.25. The molecule has 0 unspecified atom stereocenters. The third-order valence-corrected chi connectivity index (χ3v) is 4.15. The van der Waals surface area contributed by atoms with Crippen LogP contribution in [-0.2, 0) is 6.54 Å². The fourth-order valence-corrected chi connectivity index (χ4v) is 2.97. The second-order valence-corrected chi connectivity index (χ2v) is 6.23.